The molecule has 0 radical (unpaired) electrons. The molecule has 2 saturated carbocycles. The molecule has 2 N–H and O–H groups in total. The van der Waals surface area contributed by atoms with E-state index in [2.05, 4.69) is 5.32 Å². The minimum Gasteiger partial charge on any atom is -0.388 e. The number of rotatable bonds is 5. The molecule has 0 bridgehead atoms. The lowest BCUT2D eigenvalue weighted by Crippen LogP contribution is -2.48. The van der Waals surface area contributed by atoms with Gasteiger partial charge in [-0.2, -0.15) is 0 Å². The monoisotopic (exact) mass is 225 g/mol. The van der Waals surface area contributed by atoms with Crippen LogP contribution in [0.1, 0.15) is 38.5 Å². The third-order valence-electron chi connectivity index (χ3n) is 4.35. The molecule has 0 aromatic heterocycles. The largest absolute Gasteiger partial charge is 0.388 e. The van der Waals surface area contributed by atoms with Gasteiger partial charge in [0.1, 0.15) is 0 Å². The molecule has 92 valence electrons. The molecule has 0 spiro atoms. The fourth-order valence-electron chi connectivity index (χ4n) is 2.86. The molecule has 3 rings (SSSR count). The van der Waals surface area contributed by atoms with E-state index < -0.39 is 5.60 Å². The van der Waals surface area contributed by atoms with E-state index in [1.54, 1.807) is 0 Å². The summed E-state index contributed by atoms with van der Waals surface area (Å²) in [6.07, 6.45) is 7.18. The van der Waals surface area contributed by atoms with Crippen molar-refractivity contribution in [2.75, 3.05) is 19.8 Å². The van der Waals surface area contributed by atoms with Gasteiger partial charge in [0.25, 0.3) is 0 Å². The summed E-state index contributed by atoms with van der Waals surface area (Å²) in [5.74, 6) is 1.83. The number of aliphatic hydroxyl groups is 1. The summed E-state index contributed by atoms with van der Waals surface area (Å²) >= 11 is 0. The Morgan fingerprint density at radius 3 is 2.19 bits per heavy atom. The zero-order valence-corrected chi connectivity index (χ0v) is 9.95. The first-order valence-electron chi connectivity index (χ1n) is 6.80. The van der Waals surface area contributed by atoms with E-state index in [9.17, 15) is 5.11 Å². The summed E-state index contributed by atoms with van der Waals surface area (Å²) in [4.78, 5) is 0. The molecule has 3 nitrogen and oxygen atoms in total. The summed E-state index contributed by atoms with van der Waals surface area (Å²) < 4.78 is 5.30. The maximum Gasteiger partial charge on any atom is 0.0815 e. The molecule has 2 aliphatic carbocycles. The third-order valence-corrected chi connectivity index (χ3v) is 4.35. The Bertz CT molecular complexity index is 230. The maximum absolute atomic E-state index is 10.4. The second-order valence-corrected chi connectivity index (χ2v) is 5.92. The molecule has 0 aromatic carbocycles. The number of hydrogen-bond donors (Lipinski definition) is 2. The minimum atomic E-state index is -0.500. The fraction of sp³-hybridized carbons (Fsp3) is 1.00. The SMILES string of the molecule is OC1(CNC(C2CC2)C2CC2)CCOCC1. The number of ether oxygens (including phenoxy) is 1. The van der Waals surface area contributed by atoms with Crippen LogP contribution in [-0.4, -0.2) is 36.5 Å². The Labute approximate surface area is 97.6 Å². The highest BCUT2D eigenvalue weighted by Crippen LogP contribution is 2.44. The van der Waals surface area contributed by atoms with Gasteiger partial charge in [-0.05, 0) is 37.5 Å². The van der Waals surface area contributed by atoms with E-state index in [1.165, 1.54) is 25.7 Å². The standard InChI is InChI=1S/C13H23NO2/c15-13(5-7-16-8-6-13)9-14-12(10-1-2-10)11-3-4-11/h10-12,14-15H,1-9H2. The van der Waals surface area contributed by atoms with Gasteiger partial charge in [0.05, 0.1) is 5.60 Å². The predicted octanol–water partition coefficient (Wildman–Crippen LogP) is 1.31. The van der Waals surface area contributed by atoms with Crippen LogP contribution in [0.4, 0.5) is 0 Å². The first kappa shape index (κ1) is 11.0. The molecule has 1 saturated heterocycles. The normalized spacial score (nSPS) is 29.6. The molecule has 0 amide bonds. The van der Waals surface area contributed by atoms with Gasteiger partial charge in [0.15, 0.2) is 0 Å². The van der Waals surface area contributed by atoms with Gasteiger partial charge in [0, 0.05) is 38.6 Å². The van der Waals surface area contributed by atoms with Crippen LogP contribution in [0, 0.1) is 11.8 Å². The molecule has 1 aliphatic heterocycles. The summed E-state index contributed by atoms with van der Waals surface area (Å²) in [6.45, 7) is 2.21. The van der Waals surface area contributed by atoms with Crippen molar-refractivity contribution in [2.24, 2.45) is 11.8 Å². The van der Waals surface area contributed by atoms with Gasteiger partial charge in [-0.3, -0.25) is 0 Å². The van der Waals surface area contributed by atoms with Crippen LogP contribution in [0.25, 0.3) is 0 Å². The summed E-state index contributed by atoms with van der Waals surface area (Å²) in [5.41, 5.74) is -0.500. The Morgan fingerprint density at radius 2 is 1.69 bits per heavy atom. The molecular formula is C13H23NO2. The second-order valence-electron chi connectivity index (χ2n) is 5.92. The predicted molar refractivity (Wildman–Crippen MR) is 62.2 cm³/mol. The van der Waals surface area contributed by atoms with E-state index in [0.717, 1.165) is 44.4 Å². The minimum absolute atomic E-state index is 0.500. The average Bonchev–Trinajstić information content (AvgIpc) is 3.14. The molecule has 3 aliphatic rings. The second kappa shape index (κ2) is 4.28. The van der Waals surface area contributed by atoms with Crippen molar-refractivity contribution in [3.8, 4) is 0 Å². The van der Waals surface area contributed by atoms with E-state index >= 15 is 0 Å². The van der Waals surface area contributed by atoms with Crippen LogP contribution < -0.4 is 5.32 Å². The molecule has 0 unspecified atom stereocenters. The van der Waals surface area contributed by atoms with Crippen LogP contribution >= 0.6 is 0 Å². The van der Waals surface area contributed by atoms with Gasteiger partial charge < -0.3 is 15.2 Å². The first-order chi connectivity index (χ1) is 7.77. The molecule has 0 atom stereocenters. The van der Waals surface area contributed by atoms with Crippen molar-refractivity contribution in [3.05, 3.63) is 0 Å². The molecule has 0 aromatic rings. The summed E-state index contributed by atoms with van der Waals surface area (Å²) in [5, 5.41) is 14.0. The highest BCUT2D eigenvalue weighted by atomic mass is 16.5. The van der Waals surface area contributed by atoms with Crippen LogP contribution in [0.2, 0.25) is 0 Å². The van der Waals surface area contributed by atoms with Crippen LogP contribution in [0.3, 0.4) is 0 Å². The van der Waals surface area contributed by atoms with Gasteiger partial charge in [0.2, 0.25) is 0 Å². The van der Waals surface area contributed by atoms with Gasteiger partial charge in [-0.25, -0.2) is 0 Å². The Morgan fingerprint density at radius 1 is 1.12 bits per heavy atom. The molecular weight excluding hydrogens is 202 g/mol. The van der Waals surface area contributed by atoms with Gasteiger partial charge in [-0.15, -0.1) is 0 Å². The topological polar surface area (TPSA) is 41.5 Å². The van der Waals surface area contributed by atoms with E-state index in [1.807, 2.05) is 0 Å². The van der Waals surface area contributed by atoms with Crippen molar-refractivity contribution >= 4 is 0 Å². The zero-order chi connectivity index (χ0) is 11.0. The van der Waals surface area contributed by atoms with Crippen molar-refractivity contribution in [1.82, 2.24) is 5.32 Å². The highest BCUT2D eigenvalue weighted by Gasteiger charge is 2.42. The van der Waals surface area contributed by atoms with E-state index in [4.69, 9.17) is 4.74 Å². The lowest BCUT2D eigenvalue weighted by atomic mass is 9.93. The Hall–Kier alpha value is -0.120. The maximum atomic E-state index is 10.4. The highest BCUT2D eigenvalue weighted by molar-refractivity contribution is 4.98. The first-order valence-corrected chi connectivity index (χ1v) is 6.80. The molecule has 1 heterocycles. The Balaban J connectivity index is 1.49. The number of nitrogens with one attached hydrogen (secondary N) is 1. The Kier molecular flexibility index (Phi) is 2.94. The number of hydrogen-bond acceptors (Lipinski definition) is 3. The van der Waals surface area contributed by atoms with Gasteiger partial charge >= 0.3 is 0 Å². The molecule has 3 fully saturated rings. The fourth-order valence-corrected chi connectivity index (χ4v) is 2.86. The van der Waals surface area contributed by atoms with E-state index in [-0.39, 0.29) is 0 Å². The lowest BCUT2D eigenvalue weighted by Gasteiger charge is -2.34. The van der Waals surface area contributed by atoms with Crippen molar-refractivity contribution < 1.29 is 9.84 Å². The van der Waals surface area contributed by atoms with Crippen LogP contribution in [-0.2, 0) is 4.74 Å². The quantitative estimate of drug-likeness (QED) is 0.741. The summed E-state index contributed by atoms with van der Waals surface area (Å²) in [7, 11) is 0. The molecule has 16 heavy (non-hydrogen) atoms. The molecule has 3 heteroatoms. The average molecular weight is 225 g/mol. The smallest absolute Gasteiger partial charge is 0.0815 e. The van der Waals surface area contributed by atoms with Crippen molar-refractivity contribution in [2.45, 2.75) is 50.2 Å². The summed E-state index contributed by atoms with van der Waals surface area (Å²) in [6, 6.07) is 0.701. The van der Waals surface area contributed by atoms with Crippen LogP contribution in [0.15, 0.2) is 0 Å². The van der Waals surface area contributed by atoms with Crippen LogP contribution in [0.5, 0.6) is 0 Å². The third kappa shape index (κ3) is 2.58. The van der Waals surface area contributed by atoms with Crippen molar-refractivity contribution in [3.63, 3.8) is 0 Å². The van der Waals surface area contributed by atoms with Gasteiger partial charge in [-0.1, -0.05) is 0 Å². The lowest BCUT2D eigenvalue weighted by molar-refractivity contribution is -0.0633. The van der Waals surface area contributed by atoms with E-state index in [0.29, 0.717) is 6.04 Å². The van der Waals surface area contributed by atoms with Crippen molar-refractivity contribution in [1.29, 1.82) is 0 Å². The zero-order valence-electron chi connectivity index (χ0n) is 9.95.